The predicted octanol–water partition coefficient (Wildman–Crippen LogP) is 2.62. The van der Waals surface area contributed by atoms with Crippen LogP contribution in [0.2, 0.25) is 0 Å². The summed E-state index contributed by atoms with van der Waals surface area (Å²) in [6.45, 7) is 0. The third kappa shape index (κ3) is 3.18. The molecule has 104 valence electrons. The van der Waals surface area contributed by atoms with Crippen LogP contribution in [-0.4, -0.2) is 9.13 Å². The summed E-state index contributed by atoms with van der Waals surface area (Å²) in [7, 11) is -1.57. The third-order valence-electron chi connectivity index (χ3n) is 2.65. The highest BCUT2D eigenvalue weighted by molar-refractivity contribution is 7.84. The largest absolute Gasteiger partial charge is 0.399 e. The summed E-state index contributed by atoms with van der Waals surface area (Å²) in [4.78, 5) is 10.1. The molecule has 2 N–H and O–H groups in total. The van der Waals surface area contributed by atoms with Crippen molar-refractivity contribution in [2.45, 2.75) is 10.6 Å². The summed E-state index contributed by atoms with van der Waals surface area (Å²) in [5, 5.41) is 10.5. The van der Waals surface area contributed by atoms with Gasteiger partial charge in [-0.25, -0.2) is 4.39 Å². The molecule has 1 unspecified atom stereocenters. The molecule has 0 aliphatic heterocycles. The molecule has 0 spiro atoms. The first-order chi connectivity index (χ1) is 9.47. The molecular formula is C13H11FN2O3S. The Balaban J connectivity index is 2.17. The van der Waals surface area contributed by atoms with Crippen LogP contribution in [0.3, 0.4) is 0 Å². The van der Waals surface area contributed by atoms with E-state index in [-0.39, 0.29) is 22.0 Å². The van der Waals surface area contributed by atoms with Crippen molar-refractivity contribution in [1.82, 2.24) is 0 Å². The molecule has 0 aliphatic carbocycles. The second kappa shape index (κ2) is 5.79. The topological polar surface area (TPSA) is 86.2 Å². The highest BCUT2D eigenvalue weighted by Gasteiger charge is 2.12. The third-order valence-corrected chi connectivity index (χ3v) is 4.06. The van der Waals surface area contributed by atoms with Gasteiger partial charge in [-0.15, -0.1) is 0 Å². The number of halogens is 1. The molecule has 0 amide bonds. The molecule has 2 aromatic carbocycles. The van der Waals surface area contributed by atoms with E-state index in [0.29, 0.717) is 5.56 Å². The number of anilines is 1. The molecule has 0 aromatic heterocycles. The van der Waals surface area contributed by atoms with Crippen LogP contribution in [0.25, 0.3) is 0 Å². The number of non-ortho nitro benzene ring substituents is 1. The van der Waals surface area contributed by atoms with Gasteiger partial charge < -0.3 is 5.73 Å². The van der Waals surface area contributed by atoms with E-state index in [1.165, 1.54) is 36.4 Å². The zero-order valence-corrected chi connectivity index (χ0v) is 11.1. The van der Waals surface area contributed by atoms with E-state index in [9.17, 15) is 18.7 Å². The fourth-order valence-electron chi connectivity index (χ4n) is 1.64. The van der Waals surface area contributed by atoms with Crippen molar-refractivity contribution >= 4 is 22.2 Å². The Morgan fingerprint density at radius 3 is 2.40 bits per heavy atom. The number of rotatable bonds is 4. The molecule has 0 radical (unpaired) electrons. The summed E-state index contributed by atoms with van der Waals surface area (Å²) in [5.41, 5.74) is 6.27. The predicted molar refractivity (Wildman–Crippen MR) is 74.0 cm³/mol. The smallest absolute Gasteiger partial charge is 0.269 e. The summed E-state index contributed by atoms with van der Waals surface area (Å²) in [6.07, 6.45) is 0. The fourth-order valence-corrected chi connectivity index (χ4v) is 2.79. The van der Waals surface area contributed by atoms with Gasteiger partial charge in [0, 0.05) is 17.8 Å². The highest BCUT2D eigenvalue weighted by Crippen LogP contribution is 2.19. The maximum Gasteiger partial charge on any atom is 0.269 e. The number of hydrogen-bond donors (Lipinski definition) is 1. The van der Waals surface area contributed by atoms with E-state index in [0.717, 1.165) is 6.07 Å². The van der Waals surface area contributed by atoms with Crippen LogP contribution in [0.4, 0.5) is 15.8 Å². The Morgan fingerprint density at radius 1 is 1.20 bits per heavy atom. The van der Waals surface area contributed by atoms with Crippen LogP contribution in [0.15, 0.2) is 47.4 Å². The number of nitrogen functional groups attached to an aromatic ring is 1. The van der Waals surface area contributed by atoms with Gasteiger partial charge in [-0.3, -0.25) is 14.3 Å². The number of nitrogens with zero attached hydrogens (tertiary/aromatic N) is 1. The minimum Gasteiger partial charge on any atom is -0.399 e. The van der Waals surface area contributed by atoms with Crippen molar-refractivity contribution in [3.8, 4) is 0 Å². The van der Waals surface area contributed by atoms with E-state index in [1.54, 1.807) is 0 Å². The van der Waals surface area contributed by atoms with Gasteiger partial charge in [0.05, 0.1) is 26.4 Å². The lowest BCUT2D eigenvalue weighted by molar-refractivity contribution is -0.384. The first-order valence-electron chi connectivity index (χ1n) is 5.64. The standard InChI is InChI=1S/C13H11FN2O3S/c14-12-7-10(15)3-6-13(12)20(19)8-9-1-4-11(5-2-9)16(17)18/h1-7H,8,15H2. The quantitative estimate of drug-likeness (QED) is 0.533. The first kappa shape index (κ1) is 14.1. The van der Waals surface area contributed by atoms with Gasteiger partial charge >= 0.3 is 0 Å². The molecular weight excluding hydrogens is 283 g/mol. The Morgan fingerprint density at radius 2 is 1.85 bits per heavy atom. The number of benzene rings is 2. The number of hydrogen-bond acceptors (Lipinski definition) is 4. The summed E-state index contributed by atoms with van der Waals surface area (Å²) >= 11 is 0. The lowest BCUT2D eigenvalue weighted by Gasteiger charge is -2.05. The molecule has 7 heteroatoms. The van der Waals surface area contributed by atoms with Gasteiger partial charge in [-0.1, -0.05) is 12.1 Å². The van der Waals surface area contributed by atoms with Gasteiger partial charge in [0.15, 0.2) is 0 Å². The molecule has 0 saturated carbocycles. The van der Waals surface area contributed by atoms with Crippen LogP contribution in [0, 0.1) is 15.9 Å². The second-order valence-corrected chi connectivity index (χ2v) is 5.52. The molecule has 0 saturated heterocycles. The van der Waals surface area contributed by atoms with Gasteiger partial charge in [-0.2, -0.15) is 0 Å². The van der Waals surface area contributed by atoms with E-state index < -0.39 is 21.5 Å². The van der Waals surface area contributed by atoms with E-state index in [1.807, 2.05) is 0 Å². The second-order valence-electron chi connectivity index (χ2n) is 4.10. The molecule has 0 bridgehead atoms. The highest BCUT2D eigenvalue weighted by atomic mass is 32.2. The van der Waals surface area contributed by atoms with Crippen LogP contribution in [-0.2, 0) is 16.6 Å². The van der Waals surface area contributed by atoms with Gasteiger partial charge in [0.2, 0.25) is 0 Å². The maximum absolute atomic E-state index is 13.6. The monoisotopic (exact) mass is 294 g/mol. The Bertz CT molecular complexity index is 674. The van der Waals surface area contributed by atoms with Crippen molar-refractivity contribution in [2.75, 3.05) is 5.73 Å². The zero-order chi connectivity index (χ0) is 14.7. The van der Waals surface area contributed by atoms with E-state index in [4.69, 9.17) is 5.73 Å². The minimum absolute atomic E-state index is 0.0433. The van der Waals surface area contributed by atoms with Crippen LogP contribution in [0.1, 0.15) is 5.56 Å². The Kier molecular flexibility index (Phi) is 4.09. The van der Waals surface area contributed by atoms with Crippen LogP contribution < -0.4 is 5.73 Å². The lowest BCUT2D eigenvalue weighted by atomic mass is 10.2. The normalized spacial score (nSPS) is 12.1. The van der Waals surface area contributed by atoms with E-state index >= 15 is 0 Å². The molecule has 2 aromatic rings. The summed E-state index contributed by atoms with van der Waals surface area (Å²) in [6, 6.07) is 9.63. The minimum atomic E-state index is -1.57. The number of nitro groups is 1. The van der Waals surface area contributed by atoms with Gasteiger partial charge in [0.1, 0.15) is 5.82 Å². The molecule has 0 fully saturated rings. The molecule has 0 aliphatic rings. The number of nitrogens with two attached hydrogens (primary N) is 1. The number of nitro benzene ring substituents is 1. The summed E-state index contributed by atoms with van der Waals surface area (Å²) < 4.78 is 25.7. The van der Waals surface area contributed by atoms with Crippen molar-refractivity contribution < 1.29 is 13.5 Å². The van der Waals surface area contributed by atoms with E-state index in [2.05, 4.69) is 0 Å². The van der Waals surface area contributed by atoms with Gasteiger partial charge in [0.25, 0.3) is 5.69 Å². The lowest BCUT2D eigenvalue weighted by Crippen LogP contribution is -2.00. The molecule has 1 atom stereocenters. The molecule has 2 rings (SSSR count). The molecule has 0 heterocycles. The zero-order valence-electron chi connectivity index (χ0n) is 10.3. The van der Waals surface area contributed by atoms with Crippen LogP contribution in [0.5, 0.6) is 0 Å². The van der Waals surface area contributed by atoms with Crippen LogP contribution >= 0.6 is 0 Å². The fraction of sp³-hybridized carbons (Fsp3) is 0.0769. The molecule has 20 heavy (non-hydrogen) atoms. The van der Waals surface area contributed by atoms with Crippen molar-refractivity contribution in [1.29, 1.82) is 0 Å². The van der Waals surface area contributed by atoms with Crippen molar-refractivity contribution in [3.05, 3.63) is 64.0 Å². The Labute approximate surface area is 116 Å². The maximum atomic E-state index is 13.6. The van der Waals surface area contributed by atoms with Crippen molar-refractivity contribution in [2.24, 2.45) is 0 Å². The van der Waals surface area contributed by atoms with Crippen molar-refractivity contribution in [3.63, 3.8) is 0 Å². The van der Waals surface area contributed by atoms with Gasteiger partial charge in [-0.05, 0) is 23.8 Å². The Hall–Kier alpha value is -2.28. The summed E-state index contributed by atoms with van der Waals surface area (Å²) in [5.74, 6) is -0.538. The molecule has 5 nitrogen and oxygen atoms in total. The SMILES string of the molecule is Nc1ccc(S(=O)Cc2ccc([N+](=O)[O-])cc2)c(F)c1. The average Bonchev–Trinajstić information content (AvgIpc) is 2.39. The average molecular weight is 294 g/mol. The first-order valence-corrected chi connectivity index (χ1v) is 6.96.